The molecule has 0 fully saturated rings. The van der Waals surface area contributed by atoms with E-state index in [9.17, 15) is 19.8 Å². The Balaban J connectivity index is 2.16. The Morgan fingerprint density at radius 1 is 1.21 bits per heavy atom. The lowest BCUT2D eigenvalue weighted by atomic mass is 9.99. The summed E-state index contributed by atoms with van der Waals surface area (Å²) in [5.41, 5.74) is 0.936. The highest BCUT2D eigenvalue weighted by molar-refractivity contribution is 6.06. The molecule has 190 valence electrons. The van der Waals surface area contributed by atoms with Gasteiger partial charge < -0.3 is 29.4 Å². The third kappa shape index (κ3) is 8.02. The number of hydrogen-bond acceptors (Lipinski definition) is 7. The molecule has 0 aliphatic carbocycles. The molecular weight excluding hydrogens is 438 g/mol. The summed E-state index contributed by atoms with van der Waals surface area (Å²) in [7, 11) is 1.53. The fourth-order valence-corrected chi connectivity index (χ4v) is 3.93. The van der Waals surface area contributed by atoms with E-state index < -0.39 is 11.6 Å². The number of benzene rings is 1. The van der Waals surface area contributed by atoms with Gasteiger partial charge in [0.05, 0.1) is 19.3 Å². The first-order chi connectivity index (χ1) is 16.1. The number of nitrogens with one attached hydrogen (secondary N) is 1. The average molecular weight is 478 g/mol. The summed E-state index contributed by atoms with van der Waals surface area (Å²) < 4.78 is 16.7. The van der Waals surface area contributed by atoms with Gasteiger partial charge in [0.15, 0.2) is 11.3 Å². The lowest BCUT2D eigenvalue weighted by molar-refractivity contribution is -0.121. The molecule has 0 aliphatic rings. The van der Waals surface area contributed by atoms with E-state index in [1.54, 1.807) is 20.8 Å². The number of aliphatic hydroxyl groups is 2. The van der Waals surface area contributed by atoms with Crippen LogP contribution in [0.4, 0.5) is 0 Å². The maximum absolute atomic E-state index is 12.7. The number of aliphatic hydroxyl groups excluding tert-OH is 1. The van der Waals surface area contributed by atoms with Gasteiger partial charge in [-0.2, -0.15) is 0 Å². The van der Waals surface area contributed by atoms with E-state index in [0.29, 0.717) is 53.7 Å². The van der Waals surface area contributed by atoms with E-state index in [1.165, 1.54) is 7.11 Å². The molecule has 1 unspecified atom stereocenters. The zero-order valence-electron chi connectivity index (χ0n) is 21.0. The zero-order chi connectivity index (χ0) is 25.3. The Morgan fingerprint density at radius 2 is 1.94 bits per heavy atom. The van der Waals surface area contributed by atoms with Gasteiger partial charge >= 0.3 is 5.97 Å². The van der Waals surface area contributed by atoms with E-state index in [0.717, 1.165) is 18.4 Å². The third-order valence-corrected chi connectivity index (χ3v) is 5.62. The predicted octanol–water partition coefficient (Wildman–Crippen LogP) is 3.92. The maximum Gasteiger partial charge on any atom is 0.342 e. The predicted molar refractivity (Wildman–Crippen MR) is 130 cm³/mol. The Labute approximate surface area is 201 Å². The van der Waals surface area contributed by atoms with Crippen molar-refractivity contribution in [3.05, 3.63) is 29.0 Å². The summed E-state index contributed by atoms with van der Waals surface area (Å²) in [6.07, 6.45) is 3.91. The van der Waals surface area contributed by atoms with E-state index in [-0.39, 0.29) is 31.6 Å². The second kappa shape index (κ2) is 12.8. The minimum Gasteiger partial charge on any atom is -0.493 e. The van der Waals surface area contributed by atoms with Crippen LogP contribution in [0, 0.1) is 0 Å². The van der Waals surface area contributed by atoms with Crippen molar-refractivity contribution in [2.75, 3.05) is 20.3 Å². The van der Waals surface area contributed by atoms with Crippen LogP contribution in [0.5, 0.6) is 5.75 Å². The number of aryl methyl sites for hydroxylation is 2. The van der Waals surface area contributed by atoms with Gasteiger partial charge in [0, 0.05) is 30.9 Å². The molecule has 0 aliphatic heterocycles. The third-order valence-electron chi connectivity index (χ3n) is 5.62. The van der Waals surface area contributed by atoms with E-state index in [2.05, 4.69) is 5.32 Å². The largest absolute Gasteiger partial charge is 0.493 e. The van der Waals surface area contributed by atoms with Gasteiger partial charge in [0.1, 0.15) is 11.3 Å². The van der Waals surface area contributed by atoms with Crippen LogP contribution in [-0.4, -0.2) is 54.1 Å². The number of carbonyl (C=O) groups excluding carboxylic acids is 2. The highest BCUT2D eigenvalue weighted by Gasteiger charge is 2.24. The van der Waals surface area contributed by atoms with Crippen molar-refractivity contribution in [3.8, 4) is 5.75 Å². The molecule has 2 rings (SSSR count). The average Bonchev–Trinajstić information content (AvgIpc) is 3.13. The molecule has 3 N–H and O–H groups in total. The zero-order valence-corrected chi connectivity index (χ0v) is 21.0. The molecule has 1 atom stereocenters. The first-order valence-corrected chi connectivity index (χ1v) is 12.0. The second-order valence-electron chi connectivity index (χ2n) is 9.30. The molecule has 1 heterocycles. The van der Waals surface area contributed by atoms with Gasteiger partial charge in [-0.15, -0.1) is 0 Å². The molecule has 2 aromatic rings. The number of rotatable bonds is 14. The molecule has 8 nitrogen and oxygen atoms in total. The molecule has 0 saturated carbocycles. The molecule has 0 bridgehead atoms. The van der Waals surface area contributed by atoms with Crippen LogP contribution < -0.4 is 10.1 Å². The summed E-state index contributed by atoms with van der Waals surface area (Å²) in [4.78, 5) is 25.2. The van der Waals surface area contributed by atoms with Crippen molar-refractivity contribution < 1.29 is 33.7 Å². The minimum atomic E-state index is -0.700. The highest BCUT2D eigenvalue weighted by Crippen LogP contribution is 2.35. The molecule has 1 aromatic heterocycles. The van der Waals surface area contributed by atoms with Crippen LogP contribution in [0.15, 0.2) is 16.5 Å². The fraction of sp³-hybridized carbons (Fsp3) is 0.615. The lowest BCUT2D eigenvalue weighted by Gasteiger charge is -2.19. The first kappa shape index (κ1) is 27.7. The number of methoxy groups -OCH3 is 1. The molecule has 1 aromatic carbocycles. The van der Waals surface area contributed by atoms with Crippen LogP contribution in [0.25, 0.3) is 11.0 Å². The van der Waals surface area contributed by atoms with Gasteiger partial charge in [0.25, 0.3) is 0 Å². The normalized spacial score (nSPS) is 12.6. The van der Waals surface area contributed by atoms with Crippen molar-refractivity contribution in [1.82, 2.24) is 5.32 Å². The lowest BCUT2D eigenvalue weighted by Crippen LogP contribution is -2.33. The molecule has 8 heteroatoms. The standard InChI is InChI=1S/C26H39NO7/c1-6-33-25(30)23-19-15-18(16-21(32-5)24(19)34-20(23)10-8-14-28)11-12-22(29)27-17(2)9-7-13-26(3,4)31/h15-17,28,31H,6-14H2,1-5H3,(H,27,29). The van der Waals surface area contributed by atoms with Gasteiger partial charge in [-0.05, 0) is 77.5 Å². The van der Waals surface area contributed by atoms with Crippen molar-refractivity contribution >= 4 is 22.8 Å². The topological polar surface area (TPSA) is 118 Å². The van der Waals surface area contributed by atoms with Crippen LogP contribution >= 0.6 is 0 Å². The van der Waals surface area contributed by atoms with Gasteiger partial charge in [-0.1, -0.05) is 0 Å². The molecule has 34 heavy (non-hydrogen) atoms. The first-order valence-electron chi connectivity index (χ1n) is 12.0. The van der Waals surface area contributed by atoms with Crippen LogP contribution in [0.1, 0.15) is 81.5 Å². The number of esters is 1. The van der Waals surface area contributed by atoms with Gasteiger partial charge in [-0.3, -0.25) is 4.79 Å². The van der Waals surface area contributed by atoms with Crippen molar-refractivity contribution in [2.45, 2.75) is 84.3 Å². The van der Waals surface area contributed by atoms with Gasteiger partial charge in [0.2, 0.25) is 5.91 Å². The number of furan rings is 1. The minimum absolute atomic E-state index is 0.0187. The Morgan fingerprint density at radius 3 is 2.56 bits per heavy atom. The molecule has 0 spiro atoms. The SMILES string of the molecule is CCOC(=O)c1c(CCCO)oc2c(OC)cc(CCC(=O)NC(C)CCCC(C)(C)O)cc12. The second-order valence-corrected chi connectivity index (χ2v) is 9.30. The number of amides is 1. The number of carbonyl (C=O) groups is 2. The van der Waals surface area contributed by atoms with Gasteiger partial charge in [-0.25, -0.2) is 4.79 Å². The monoisotopic (exact) mass is 477 g/mol. The molecule has 0 radical (unpaired) electrons. The summed E-state index contributed by atoms with van der Waals surface area (Å²) in [6, 6.07) is 3.68. The number of fused-ring (bicyclic) bond motifs is 1. The van der Waals surface area contributed by atoms with Crippen LogP contribution in [-0.2, 0) is 22.4 Å². The summed E-state index contributed by atoms with van der Waals surface area (Å²) in [6.45, 7) is 7.48. The van der Waals surface area contributed by atoms with E-state index in [1.807, 2.05) is 19.1 Å². The fourth-order valence-electron chi connectivity index (χ4n) is 3.93. The molecule has 0 saturated heterocycles. The highest BCUT2D eigenvalue weighted by atomic mass is 16.5. The van der Waals surface area contributed by atoms with Crippen molar-refractivity contribution in [1.29, 1.82) is 0 Å². The maximum atomic E-state index is 12.7. The summed E-state index contributed by atoms with van der Waals surface area (Å²) in [5.74, 6) is 0.395. The van der Waals surface area contributed by atoms with Crippen molar-refractivity contribution in [2.24, 2.45) is 0 Å². The van der Waals surface area contributed by atoms with Crippen LogP contribution in [0.2, 0.25) is 0 Å². The number of ether oxygens (including phenoxy) is 2. The smallest absolute Gasteiger partial charge is 0.342 e. The quantitative estimate of drug-likeness (QED) is 0.353. The van der Waals surface area contributed by atoms with Crippen LogP contribution in [0.3, 0.4) is 0 Å². The van der Waals surface area contributed by atoms with E-state index >= 15 is 0 Å². The Bertz CT molecular complexity index is 958. The molecular formula is C26H39NO7. The summed E-state index contributed by atoms with van der Waals surface area (Å²) >= 11 is 0. The number of hydrogen-bond donors (Lipinski definition) is 3. The molecule has 1 amide bonds. The Hall–Kier alpha value is -2.58. The Kier molecular flexibility index (Phi) is 10.4. The summed E-state index contributed by atoms with van der Waals surface area (Å²) in [5, 5.41) is 22.6. The van der Waals surface area contributed by atoms with Crippen molar-refractivity contribution in [3.63, 3.8) is 0 Å². The van der Waals surface area contributed by atoms with E-state index in [4.69, 9.17) is 13.9 Å².